The fourth-order valence-electron chi connectivity index (χ4n) is 1.42. The van der Waals surface area contributed by atoms with Gasteiger partial charge in [0.05, 0.1) is 0 Å². The first-order valence-electron chi connectivity index (χ1n) is 5.91. The first kappa shape index (κ1) is 14.5. The molecule has 0 bridgehead atoms. The lowest BCUT2D eigenvalue weighted by atomic mass is 10.0. The number of nitrogens with two attached hydrogens (primary N) is 1. The Hall–Kier alpha value is -0.580. The van der Waals surface area contributed by atoms with Crippen molar-refractivity contribution in [1.29, 1.82) is 0 Å². The molecule has 2 N–H and O–H groups in total. The fraction of sp³-hybridized carbons (Fsp3) is 0.538. The van der Waals surface area contributed by atoms with E-state index in [1.165, 1.54) is 5.56 Å². The number of ether oxygens (including phenoxy) is 2. The Morgan fingerprint density at radius 3 is 2.76 bits per heavy atom. The van der Waals surface area contributed by atoms with Crippen LogP contribution >= 0.6 is 15.9 Å². The van der Waals surface area contributed by atoms with Gasteiger partial charge >= 0.3 is 0 Å². The summed E-state index contributed by atoms with van der Waals surface area (Å²) in [6.45, 7) is 4.98. The van der Waals surface area contributed by atoms with Crippen molar-refractivity contribution in [3.8, 4) is 5.75 Å². The predicted molar refractivity (Wildman–Crippen MR) is 73.2 cm³/mol. The molecular formula is C13H20BrNO2. The Morgan fingerprint density at radius 2 is 2.12 bits per heavy atom. The van der Waals surface area contributed by atoms with Crippen LogP contribution in [-0.4, -0.2) is 19.4 Å². The quantitative estimate of drug-likeness (QED) is 0.622. The molecule has 96 valence electrons. The van der Waals surface area contributed by atoms with Crippen LogP contribution in [0.2, 0.25) is 0 Å². The Kier molecular flexibility index (Phi) is 6.55. The van der Waals surface area contributed by atoms with Gasteiger partial charge in [0.25, 0.3) is 0 Å². The molecule has 0 heterocycles. The number of hydrogen-bond acceptors (Lipinski definition) is 3. The van der Waals surface area contributed by atoms with Crippen molar-refractivity contribution in [2.45, 2.75) is 32.7 Å². The lowest BCUT2D eigenvalue weighted by molar-refractivity contribution is 0.0223. The lowest BCUT2D eigenvalue weighted by Crippen LogP contribution is -2.21. The Labute approximate surface area is 111 Å². The zero-order valence-electron chi connectivity index (χ0n) is 10.4. The molecule has 1 aromatic rings. The van der Waals surface area contributed by atoms with Gasteiger partial charge in [-0.25, -0.2) is 0 Å². The minimum Gasteiger partial charge on any atom is -0.468 e. The summed E-state index contributed by atoms with van der Waals surface area (Å²) in [5.74, 6) is 0.819. The molecule has 0 saturated carbocycles. The van der Waals surface area contributed by atoms with E-state index >= 15 is 0 Å². The zero-order valence-corrected chi connectivity index (χ0v) is 12.0. The second-order valence-electron chi connectivity index (χ2n) is 3.88. The Bertz CT molecular complexity index is 344. The number of hydrogen-bond donors (Lipinski definition) is 1. The molecule has 0 amide bonds. The van der Waals surface area contributed by atoms with Crippen molar-refractivity contribution in [3.05, 3.63) is 28.2 Å². The van der Waals surface area contributed by atoms with E-state index in [1.54, 1.807) is 0 Å². The molecule has 1 aromatic carbocycles. The predicted octanol–water partition coefficient (Wildman–Crippen LogP) is 3.10. The molecule has 1 atom stereocenters. The fourth-order valence-corrected chi connectivity index (χ4v) is 1.83. The highest BCUT2D eigenvalue weighted by molar-refractivity contribution is 9.10. The van der Waals surface area contributed by atoms with Gasteiger partial charge in [-0.3, -0.25) is 0 Å². The van der Waals surface area contributed by atoms with Crippen LogP contribution in [0.15, 0.2) is 22.7 Å². The molecule has 3 nitrogen and oxygen atoms in total. The van der Waals surface area contributed by atoms with Crippen LogP contribution in [0.25, 0.3) is 0 Å². The van der Waals surface area contributed by atoms with Gasteiger partial charge in [-0.15, -0.1) is 0 Å². The maximum atomic E-state index is 5.96. The van der Waals surface area contributed by atoms with Crippen molar-refractivity contribution in [2.24, 2.45) is 5.73 Å². The van der Waals surface area contributed by atoms with Crippen LogP contribution in [0.3, 0.4) is 0 Å². The number of halogens is 1. The Balaban J connectivity index is 2.65. The molecule has 0 saturated heterocycles. The highest BCUT2D eigenvalue weighted by Crippen LogP contribution is 2.24. The highest BCUT2D eigenvalue weighted by Gasteiger charge is 2.07. The van der Waals surface area contributed by atoms with Gasteiger partial charge in [-0.2, -0.15) is 0 Å². The van der Waals surface area contributed by atoms with Crippen molar-refractivity contribution < 1.29 is 9.47 Å². The van der Waals surface area contributed by atoms with Gasteiger partial charge in [-0.05, 0) is 43.5 Å². The molecule has 1 rings (SSSR count). The molecule has 4 heteroatoms. The highest BCUT2D eigenvalue weighted by atomic mass is 79.9. The van der Waals surface area contributed by atoms with E-state index < -0.39 is 0 Å². The van der Waals surface area contributed by atoms with Gasteiger partial charge in [-0.1, -0.05) is 22.9 Å². The first-order chi connectivity index (χ1) is 8.17. The number of rotatable bonds is 7. The maximum Gasteiger partial charge on any atom is 0.189 e. The van der Waals surface area contributed by atoms with Crippen molar-refractivity contribution in [2.75, 3.05) is 13.4 Å². The number of benzene rings is 1. The van der Waals surface area contributed by atoms with E-state index in [0.29, 0.717) is 6.61 Å². The zero-order chi connectivity index (χ0) is 12.7. The summed E-state index contributed by atoms with van der Waals surface area (Å²) < 4.78 is 11.7. The minimum absolute atomic E-state index is 0.188. The SMILES string of the molecule is CCOCOc1ccc(Br)c(CC(N)CC)c1. The molecule has 0 aliphatic heterocycles. The summed E-state index contributed by atoms with van der Waals surface area (Å²) in [6, 6.07) is 6.11. The molecule has 0 aliphatic rings. The van der Waals surface area contributed by atoms with Crippen molar-refractivity contribution in [1.82, 2.24) is 0 Å². The van der Waals surface area contributed by atoms with Gasteiger partial charge < -0.3 is 15.2 Å². The summed E-state index contributed by atoms with van der Waals surface area (Å²) in [6.07, 6.45) is 1.82. The van der Waals surface area contributed by atoms with Crippen LogP contribution in [0, 0.1) is 0 Å². The minimum atomic E-state index is 0.188. The Morgan fingerprint density at radius 1 is 1.35 bits per heavy atom. The molecule has 0 aliphatic carbocycles. The van der Waals surface area contributed by atoms with E-state index in [1.807, 2.05) is 25.1 Å². The molecule has 0 spiro atoms. The van der Waals surface area contributed by atoms with Crippen LogP contribution < -0.4 is 10.5 Å². The van der Waals surface area contributed by atoms with E-state index in [9.17, 15) is 0 Å². The molecule has 0 fully saturated rings. The van der Waals surface area contributed by atoms with E-state index in [4.69, 9.17) is 15.2 Å². The maximum absolute atomic E-state index is 5.96. The van der Waals surface area contributed by atoms with Gasteiger partial charge in [0.15, 0.2) is 6.79 Å². The molecule has 1 unspecified atom stereocenters. The van der Waals surface area contributed by atoms with Crippen molar-refractivity contribution >= 4 is 15.9 Å². The van der Waals surface area contributed by atoms with Gasteiger partial charge in [0, 0.05) is 17.1 Å². The lowest BCUT2D eigenvalue weighted by Gasteiger charge is -2.12. The van der Waals surface area contributed by atoms with E-state index in [-0.39, 0.29) is 12.8 Å². The monoisotopic (exact) mass is 301 g/mol. The third kappa shape index (κ3) is 5.06. The summed E-state index contributed by atoms with van der Waals surface area (Å²) in [4.78, 5) is 0. The van der Waals surface area contributed by atoms with Crippen LogP contribution in [0.4, 0.5) is 0 Å². The van der Waals surface area contributed by atoms with Crippen molar-refractivity contribution in [3.63, 3.8) is 0 Å². The normalized spacial score (nSPS) is 12.5. The molecule has 0 aromatic heterocycles. The summed E-state index contributed by atoms with van der Waals surface area (Å²) in [5, 5.41) is 0. The average Bonchev–Trinajstić information content (AvgIpc) is 2.33. The van der Waals surface area contributed by atoms with Crippen LogP contribution in [0.5, 0.6) is 5.75 Å². The second-order valence-corrected chi connectivity index (χ2v) is 4.73. The second kappa shape index (κ2) is 7.69. The van der Waals surface area contributed by atoms with E-state index in [2.05, 4.69) is 22.9 Å². The summed E-state index contributed by atoms with van der Waals surface area (Å²) in [7, 11) is 0. The van der Waals surface area contributed by atoms with Gasteiger partial charge in [0.2, 0.25) is 0 Å². The third-order valence-electron chi connectivity index (χ3n) is 2.54. The van der Waals surface area contributed by atoms with Gasteiger partial charge in [0.1, 0.15) is 5.75 Å². The summed E-state index contributed by atoms with van der Waals surface area (Å²) >= 11 is 3.53. The van der Waals surface area contributed by atoms with E-state index in [0.717, 1.165) is 23.1 Å². The van der Waals surface area contributed by atoms with Crippen LogP contribution in [-0.2, 0) is 11.2 Å². The average molecular weight is 302 g/mol. The van der Waals surface area contributed by atoms with Crippen LogP contribution in [0.1, 0.15) is 25.8 Å². The standard InChI is InChI=1S/C13H20BrNO2/c1-3-11(15)7-10-8-12(5-6-13(10)14)17-9-16-4-2/h5-6,8,11H,3-4,7,9,15H2,1-2H3. The molecule has 17 heavy (non-hydrogen) atoms. The third-order valence-corrected chi connectivity index (χ3v) is 3.31. The molecule has 0 radical (unpaired) electrons. The summed E-state index contributed by atoms with van der Waals surface area (Å²) in [5.41, 5.74) is 7.13. The smallest absolute Gasteiger partial charge is 0.189 e. The first-order valence-corrected chi connectivity index (χ1v) is 6.71. The topological polar surface area (TPSA) is 44.5 Å². The largest absolute Gasteiger partial charge is 0.468 e. The molecular weight excluding hydrogens is 282 g/mol.